The van der Waals surface area contributed by atoms with Gasteiger partial charge >= 0.3 is 11.9 Å². The Morgan fingerprint density at radius 3 is 2.41 bits per heavy atom. The molecule has 0 N–H and O–H groups in total. The highest BCUT2D eigenvalue weighted by molar-refractivity contribution is 5.93. The number of carbonyl (C=O) groups excluding carboxylic acids is 2. The minimum Gasteiger partial charge on any atom is -0.489 e. The summed E-state index contributed by atoms with van der Waals surface area (Å²) in [6, 6.07) is 14.7. The lowest BCUT2D eigenvalue weighted by atomic mass is 9.66. The zero-order valence-corrected chi connectivity index (χ0v) is 16.9. The Kier molecular flexibility index (Phi) is 4.60. The van der Waals surface area contributed by atoms with Crippen LogP contribution in [0.4, 0.5) is 0 Å². The second-order valence-electron chi connectivity index (χ2n) is 8.45. The molecule has 0 spiro atoms. The fourth-order valence-corrected chi connectivity index (χ4v) is 4.36. The van der Waals surface area contributed by atoms with E-state index < -0.39 is 28.5 Å². The summed E-state index contributed by atoms with van der Waals surface area (Å²) in [6.45, 7) is 5.78. The van der Waals surface area contributed by atoms with Crippen molar-refractivity contribution >= 4 is 11.9 Å². The van der Waals surface area contributed by atoms with Gasteiger partial charge in [0, 0.05) is 11.6 Å². The molecule has 152 valence electrons. The highest BCUT2D eigenvalue weighted by Gasteiger charge is 2.76. The zero-order valence-electron chi connectivity index (χ0n) is 16.9. The van der Waals surface area contributed by atoms with Crippen LogP contribution in [0.3, 0.4) is 0 Å². The second kappa shape index (κ2) is 6.87. The molecule has 2 fully saturated rings. The zero-order chi connectivity index (χ0) is 20.7. The van der Waals surface area contributed by atoms with Gasteiger partial charge in [-0.1, -0.05) is 38.1 Å². The number of fused-ring (bicyclic) bond motifs is 2. The maximum Gasteiger partial charge on any atom is 0.352 e. The van der Waals surface area contributed by atoms with Gasteiger partial charge in [0.15, 0.2) is 6.10 Å². The molecule has 1 aliphatic heterocycles. The van der Waals surface area contributed by atoms with Crippen molar-refractivity contribution in [2.75, 3.05) is 6.61 Å². The van der Waals surface area contributed by atoms with E-state index in [0.717, 1.165) is 0 Å². The number of para-hydroxylation sites is 1. The summed E-state index contributed by atoms with van der Waals surface area (Å²) in [4.78, 5) is 30.2. The molecule has 29 heavy (non-hydrogen) atoms. The number of hydrogen-bond donors (Lipinski definition) is 0. The lowest BCUT2D eigenvalue weighted by molar-refractivity contribution is -0.188. The molecule has 0 radical (unpaired) electrons. The minimum atomic E-state index is -1.28. The lowest BCUT2D eigenvalue weighted by Crippen LogP contribution is -2.49. The standard InChI is InChI=1S/C23H25NO5/c1-21(2)22(3)12-13-23(21,29-19(22)25)20(26)28-18(17-11-7-8-14-24-17)15-27-16-9-5-4-6-10-16/h4-11,14,18H,12-13,15H2,1-3H3/t18-,22-,23+/m0/s1. The van der Waals surface area contributed by atoms with Gasteiger partial charge < -0.3 is 14.2 Å². The number of nitrogens with zero attached hydrogens (tertiary/aromatic N) is 1. The van der Waals surface area contributed by atoms with E-state index in [1.165, 1.54) is 0 Å². The molecule has 2 heterocycles. The fraction of sp³-hybridized carbons (Fsp3) is 0.435. The summed E-state index contributed by atoms with van der Waals surface area (Å²) in [5, 5.41) is 0. The Labute approximate surface area is 170 Å². The number of aromatic nitrogens is 1. The third kappa shape index (κ3) is 2.89. The Balaban J connectivity index is 1.58. The first-order valence-corrected chi connectivity index (χ1v) is 9.83. The van der Waals surface area contributed by atoms with Crippen molar-refractivity contribution in [3.63, 3.8) is 0 Å². The Morgan fingerprint density at radius 2 is 1.83 bits per heavy atom. The molecule has 0 unspecified atom stereocenters. The molecule has 2 aliphatic rings. The van der Waals surface area contributed by atoms with E-state index in [9.17, 15) is 9.59 Å². The molecule has 1 saturated carbocycles. The third-order valence-corrected chi connectivity index (χ3v) is 6.82. The molecule has 1 aromatic heterocycles. The minimum absolute atomic E-state index is 0.106. The van der Waals surface area contributed by atoms with E-state index in [1.54, 1.807) is 18.3 Å². The molecule has 1 aromatic carbocycles. The molecule has 4 rings (SSSR count). The highest BCUT2D eigenvalue weighted by atomic mass is 16.6. The first-order valence-electron chi connectivity index (χ1n) is 9.83. The molecule has 6 heteroatoms. The molecule has 1 saturated heterocycles. The normalized spacial score (nSPS) is 27.9. The predicted octanol–water partition coefficient (Wildman–Crippen LogP) is 3.87. The summed E-state index contributed by atoms with van der Waals surface area (Å²) in [6.07, 6.45) is 1.97. The van der Waals surface area contributed by atoms with E-state index >= 15 is 0 Å². The van der Waals surface area contributed by atoms with Crippen LogP contribution in [0.2, 0.25) is 0 Å². The maximum atomic E-state index is 13.3. The fourth-order valence-electron chi connectivity index (χ4n) is 4.36. The van der Waals surface area contributed by atoms with Crippen LogP contribution >= 0.6 is 0 Å². The smallest absolute Gasteiger partial charge is 0.352 e. The van der Waals surface area contributed by atoms with E-state index in [1.807, 2.05) is 57.2 Å². The van der Waals surface area contributed by atoms with Crippen LogP contribution in [0.1, 0.15) is 45.4 Å². The van der Waals surface area contributed by atoms with Crippen molar-refractivity contribution in [3.8, 4) is 5.75 Å². The number of benzene rings is 1. The predicted molar refractivity (Wildman–Crippen MR) is 105 cm³/mol. The van der Waals surface area contributed by atoms with Crippen LogP contribution in [0, 0.1) is 10.8 Å². The van der Waals surface area contributed by atoms with Crippen molar-refractivity contribution < 1.29 is 23.8 Å². The van der Waals surface area contributed by atoms with E-state index in [2.05, 4.69) is 4.98 Å². The quantitative estimate of drug-likeness (QED) is 0.692. The Hall–Kier alpha value is -2.89. The summed E-state index contributed by atoms with van der Waals surface area (Å²) < 4.78 is 17.4. The van der Waals surface area contributed by atoms with Gasteiger partial charge in [0.1, 0.15) is 12.4 Å². The van der Waals surface area contributed by atoms with Crippen LogP contribution in [-0.4, -0.2) is 29.1 Å². The van der Waals surface area contributed by atoms with Gasteiger partial charge in [0.2, 0.25) is 5.60 Å². The topological polar surface area (TPSA) is 74.7 Å². The largest absolute Gasteiger partial charge is 0.489 e. The number of hydrogen-bond acceptors (Lipinski definition) is 6. The van der Waals surface area contributed by atoms with Crippen LogP contribution in [-0.2, 0) is 19.1 Å². The van der Waals surface area contributed by atoms with Gasteiger partial charge in [-0.3, -0.25) is 9.78 Å². The lowest BCUT2D eigenvalue weighted by Gasteiger charge is -2.35. The third-order valence-electron chi connectivity index (χ3n) is 6.82. The highest BCUT2D eigenvalue weighted by Crippen LogP contribution is 2.66. The number of ether oxygens (including phenoxy) is 3. The van der Waals surface area contributed by atoms with Crippen LogP contribution in [0.25, 0.3) is 0 Å². The Bertz CT molecular complexity index is 913. The monoisotopic (exact) mass is 395 g/mol. The molecule has 0 amide bonds. The molecule has 2 bridgehead atoms. The van der Waals surface area contributed by atoms with Gasteiger partial charge in [-0.2, -0.15) is 0 Å². The van der Waals surface area contributed by atoms with Gasteiger partial charge in [-0.25, -0.2) is 4.79 Å². The van der Waals surface area contributed by atoms with Crippen molar-refractivity contribution in [3.05, 3.63) is 60.4 Å². The molecule has 2 aromatic rings. The van der Waals surface area contributed by atoms with Gasteiger partial charge in [-0.05, 0) is 44.0 Å². The first kappa shape index (κ1) is 19.4. The van der Waals surface area contributed by atoms with Gasteiger partial charge in [0.25, 0.3) is 0 Å². The van der Waals surface area contributed by atoms with Crippen LogP contribution in [0.5, 0.6) is 5.75 Å². The number of esters is 2. The van der Waals surface area contributed by atoms with E-state index in [4.69, 9.17) is 14.2 Å². The molecule has 3 atom stereocenters. The number of carbonyl (C=O) groups is 2. The van der Waals surface area contributed by atoms with Crippen molar-refractivity contribution in [1.82, 2.24) is 4.98 Å². The number of pyridine rings is 1. The van der Waals surface area contributed by atoms with Crippen molar-refractivity contribution in [2.45, 2.75) is 45.3 Å². The van der Waals surface area contributed by atoms with Crippen LogP contribution in [0.15, 0.2) is 54.7 Å². The van der Waals surface area contributed by atoms with Gasteiger partial charge in [-0.15, -0.1) is 0 Å². The van der Waals surface area contributed by atoms with Crippen LogP contribution < -0.4 is 4.74 Å². The molecular formula is C23H25NO5. The SMILES string of the molecule is CC1(C)[C@@]2(C)CC[C@]1(C(=O)O[C@@H](COc1ccccc1)c1ccccn1)OC2=O. The van der Waals surface area contributed by atoms with Gasteiger partial charge in [0.05, 0.1) is 11.1 Å². The first-order chi connectivity index (χ1) is 13.8. The second-order valence-corrected chi connectivity index (χ2v) is 8.45. The van der Waals surface area contributed by atoms with Crippen molar-refractivity contribution in [2.24, 2.45) is 10.8 Å². The number of rotatable bonds is 6. The summed E-state index contributed by atoms with van der Waals surface area (Å²) in [5.74, 6) is -0.200. The average molecular weight is 395 g/mol. The Morgan fingerprint density at radius 1 is 1.10 bits per heavy atom. The summed E-state index contributed by atoms with van der Waals surface area (Å²) >= 11 is 0. The summed E-state index contributed by atoms with van der Waals surface area (Å²) in [7, 11) is 0. The molecular weight excluding hydrogens is 370 g/mol. The van der Waals surface area contributed by atoms with E-state index in [-0.39, 0.29) is 12.6 Å². The average Bonchev–Trinajstić information content (AvgIpc) is 3.03. The van der Waals surface area contributed by atoms with E-state index in [0.29, 0.717) is 24.3 Å². The maximum absolute atomic E-state index is 13.3. The van der Waals surface area contributed by atoms with Crippen molar-refractivity contribution in [1.29, 1.82) is 0 Å². The molecule has 1 aliphatic carbocycles. The molecule has 6 nitrogen and oxygen atoms in total. The summed E-state index contributed by atoms with van der Waals surface area (Å²) in [5.41, 5.74) is -2.05.